The minimum atomic E-state index is -0.124. The minimum Gasteiger partial charge on any atom is -0.486 e. The van der Waals surface area contributed by atoms with E-state index in [1.807, 2.05) is 18.2 Å². The molecule has 2 rings (SSSR count). The van der Waals surface area contributed by atoms with E-state index in [-0.39, 0.29) is 24.5 Å². The predicted molar refractivity (Wildman–Crippen MR) is 75.0 cm³/mol. The molecular weight excluding hydrogens is 258 g/mol. The molecule has 20 heavy (non-hydrogen) atoms. The molecule has 0 fully saturated rings. The molecule has 1 N–H and O–H groups in total. The van der Waals surface area contributed by atoms with E-state index in [0.29, 0.717) is 13.2 Å². The van der Waals surface area contributed by atoms with Crippen LogP contribution in [-0.2, 0) is 9.53 Å². The van der Waals surface area contributed by atoms with Gasteiger partial charge in [0.25, 0.3) is 0 Å². The van der Waals surface area contributed by atoms with Gasteiger partial charge in [-0.2, -0.15) is 0 Å². The number of hydrogen-bond acceptors (Lipinski definition) is 4. The monoisotopic (exact) mass is 279 g/mol. The van der Waals surface area contributed by atoms with Gasteiger partial charge in [0.05, 0.1) is 6.04 Å². The Bertz CT molecular complexity index is 473. The lowest BCUT2D eigenvalue weighted by atomic mass is 9.95. The van der Waals surface area contributed by atoms with Crippen molar-refractivity contribution < 1.29 is 19.0 Å². The Balaban J connectivity index is 2.18. The number of hydrogen-bond donors (Lipinski definition) is 1. The quantitative estimate of drug-likeness (QED) is 0.894. The summed E-state index contributed by atoms with van der Waals surface area (Å²) in [5.74, 6) is 1.63. The third-order valence-electron chi connectivity index (χ3n) is 3.18. The number of nitrogens with one attached hydrogen (secondary N) is 1. The van der Waals surface area contributed by atoms with Gasteiger partial charge in [-0.3, -0.25) is 4.79 Å². The predicted octanol–water partition coefficient (Wildman–Crippen LogP) is 1.92. The summed E-state index contributed by atoms with van der Waals surface area (Å²) in [6.45, 7) is 5.32. The summed E-state index contributed by atoms with van der Waals surface area (Å²) in [6.07, 6.45) is 0. The van der Waals surface area contributed by atoms with Crippen molar-refractivity contribution in [1.29, 1.82) is 0 Å². The van der Waals surface area contributed by atoms with E-state index in [4.69, 9.17) is 14.2 Å². The van der Waals surface area contributed by atoms with Crippen LogP contribution in [0, 0.1) is 5.92 Å². The summed E-state index contributed by atoms with van der Waals surface area (Å²) < 4.78 is 15.9. The van der Waals surface area contributed by atoms with Gasteiger partial charge in [-0.1, -0.05) is 19.9 Å². The van der Waals surface area contributed by atoms with Gasteiger partial charge in [0.1, 0.15) is 19.8 Å². The average molecular weight is 279 g/mol. The molecule has 0 spiro atoms. The molecule has 0 bridgehead atoms. The number of amides is 1. The van der Waals surface area contributed by atoms with Crippen LogP contribution in [0.1, 0.15) is 25.5 Å². The van der Waals surface area contributed by atoms with E-state index in [2.05, 4.69) is 19.2 Å². The topological polar surface area (TPSA) is 56.8 Å². The van der Waals surface area contributed by atoms with E-state index in [0.717, 1.165) is 17.1 Å². The molecular formula is C15H21NO4. The fraction of sp³-hybridized carbons (Fsp3) is 0.533. The molecule has 1 heterocycles. The Morgan fingerprint density at radius 2 is 2.00 bits per heavy atom. The first-order valence-corrected chi connectivity index (χ1v) is 6.79. The highest BCUT2D eigenvalue weighted by atomic mass is 16.6. The second kappa shape index (κ2) is 6.61. The third-order valence-corrected chi connectivity index (χ3v) is 3.18. The molecule has 1 aliphatic rings. The number of methoxy groups -OCH3 is 1. The van der Waals surface area contributed by atoms with Crippen molar-refractivity contribution in [2.45, 2.75) is 19.9 Å². The molecule has 1 atom stereocenters. The summed E-state index contributed by atoms with van der Waals surface area (Å²) in [5, 5.41) is 2.98. The normalized spacial score (nSPS) is 15.0. The van der Waals surface area contributed by atoms with Gasteiger partial charge in [-0.25, -0.2) is 0 Å². The van der Waals surface area contributed by atoms with Gasteiger partial charge in [0.15, 0.2) is 11.5 Å². The zero-order chi connectivity index (χ0) is 14.5. The Hall–Kier alpha value is -1.75. The molecule has 0 unspecified atom stereocenters. The van der Waals surface area contributed by atoms with Gasteiger partial charge >= 0.3 is 0 Å². The maximum absolute atomic E-state index is 11.7. The lowest BCUT2D eigenvalue weighted by Gasteiger charge is -2.25. The molecule has 0 aliphatic carbocycles. The molecule has 0 radical (unpaired) electrons. The van der Waals surface area contributed by atoms with Crippen molar-refractivity contribution in [3.8, 4) is 11.5 Å². The molecule has 1 amide bonds. The van der Waals surface area contributed by atoms with Crippen molar-refractivity contribution in [2.75, 3.05) is 26.9 Å². The van der Waals surface area contributed by atoms with Crippen LogP contribution in [0.4, 0.5) is 0 Å². The fourth-order valence-electron chi connectivity index (χ4n) is 2.23. The van der Waals surface area contributed by atoms with E-state index in [1.165, 1.54) is 7.11 Å². The van der Waals surface area contributed by atoms with E-state index in [9.17, 15) is 4.79 Å². The first-order valence-electron chi connectivity index (χ1n) is 6.79. The molecule has 0 aromatic heterocycles. The lowest BCUT2D eigenvalue weighted by Crippen LogP contribution is -2.34. The number of ether oxygens (including phenoxy) is 3. The Kier molecular flexibility index (Phi) is 4.84. The van der Waals surface area contributed by atoms with Gasteiger partial charge in [0, 0.05) is 7.11 Å². The van der Waals surface area contributed by atoms with Crippen molar-refractivity contribution >= 4 is 5.91 Å². The maximum atomic E-state index is 11.7. The van der Waals surface area contributed by atoms with Crippen LogP contribution in [0.5, 0.6) is 11.5 Å². The number of rotatable bonds is 5. The molecule has 5 nitrogen and oxygen atoms in total. The Labute approximate surface area is 119 Å². The number of carbonyl (C=O) groups excluding carboxylic acids is 1. The average Bonchev–Trinajstić information content (AvgIpc) is 2.44. The zero-order valence-corrected chi connectivity index (χ0v) is 12.1. The Morgan fingerprint density at radius 3 is 2.65 bits per heavy atom. The van der Waals surface area contributed by atoms with Crippen molar-refractivity contribution in [3.63, 3.8) is 0 Å². The highest BCUT2D eigenvalue weighted by Gasteiger charge is 2.21. The van der Waals surface area contributed by atoms with E-state index < -0.39 is 0 Å². The standard InChI is InChI=1S/C15H21NO4/c1-10(2)15(16-14(17)9-18-3)11-4-5-12-13(8-11)20-7-6-19-12/h4-5,8,10,15H,6-7,9H2,1-3H3,(H,16,17)/t15-/m0/s1. The van der Waals surface area contributed by atoms with Gasteiger partial charge < -0.3 is 19.5 Å². The second-order valence-corrected chi connectivity index (χ2v) is 5.13. The first kappa shape index (κ1) is 14.7. The van der Waals surface area contributed by atoms with Crippen LogP contribution < -0.4 is 14.8 Å². The highest BCUT2D eigenvalue weighted by Crippen LogP contribution is 2.34. The largest absolute Gasteiger partial charge is 0.486 e. The summed E-state index contributed by atoms with van der Waals surface area (Å²) in [5.41, 5.74) is 1.01. The summed E-state index contributed by atoms with van der Waals surface area (Å²) in [6, 6.07) is 5.72. The van der Waals surface area contributed by atoms with Crippen LogP contribution in [0.15, 0.2) is 18.2 Å². The summed E-state index contributed by atoms with van der Waals surface area (Å²) >= 11 is 0. The highest BCUT2D eigenvalue weighted by molar-refractivity contribution is 5.77. The van der Waals surface area contributed by atoms with Gasteiger partial charge in [-0.15, -0.1) is 0 Å². The van der Waals surface area contributed by atoms with Gasteiger partial charge in [0.2, 0.25) is 5.91 Å². The molecule has 110 valence electrons. The smallest absolute Gasteiger partial charge is 0.246 e. The molecule has 1 aromatic rings. The van der Waals surface area contributed by atoms with Crippen molar-refractivity contribution in [3.05, 3.63) is 23.8 Å². The third kappa shape index (κ3) is 3.42. The first-order chi connectivity index (χ1) is 9.61. The Morgan fingerprint density at radius 1 is 1.30 bits per heavy atom. The SMILES string of the molecule is COCC(=O)N[C@H](c1ccc2c(c1)OCCO2)C(C)C. The van der Waals surface area contributed by atoms with Crippen LogP contribution in [0.3, 0.4) is 0 Å². The van der Waals surface area contributed by atoms with Crippen LogP contribution in [0.2, 0.25) is 0 Å². The van der Waals surface area contributed by atoms with Crippen LogP contribution >= 0.6 is 0 Å². The number of benzene rings is 1. The van der Waals surface area contributed by atoms with E-state index in [1.54, 1.807) is 0 Å². The molecule has 1 aromatic carbocycles. The number of carbonyl (C=O) groups is 1. The van der Waals surface area contributed by atoms with Gasteiger partial charge in [-0.05, 0) is 23.6 Å². The van der Waals surface area contributed by atoms with Crippen LogP contribution in [-0.4, -0.2) is 32.8 Å². The maximum Gasteiger partial charge on any atom is 0.246 e. The fourth-order valence-corrected chi connectivity index (χ4v) is 2.23. The van der Waals surface area contributed by atoms with Crippen LogP contribution in [0.25, 0.3) is 0 Å². The molecule has 0 saturated carbocycles. The lowest BCUT2D eigenvalue weighted by molar-refractivity contribution is -0.125. The molecule has 0 saturated heterocycles. The summed E-state index contributed by atoms with van der Waals surface area (Å²) in [7, 11) is 1.51. The molecule has 5 heteroatoms. The minimum absolute atomic E-state index is 0.0633. The second-order valence-electron chi connectivity index (χ2n) is 5.13. The van der Waals surface area contributed by atoms with Crippen molar-refractivity contribution in [2.24, 2.45) is 5.92 Å². The summed E-state index contributed by atoms with van der Waals surface area (Å²) in [4.78, 5) is 11.7. The van der Waals surface area contributed by atoms with E-state index >= 15 is 0 Å². The zero-order valence-electron chi connectivity index (χ0n) is 12.1. The number of fused-ring (bicyclic) bond motifs is 1. The molecule has 1 aliphatic heterocycles. The van der Waals surface area contributed by atoms with Crippen molar-refractivity contribution in [1.82, 2.24) is 5.32 Å².